The van der Waals surface area contributed by atoms with Crippen LogP contribution in [0, 0.1) is 10.1 Å². The molecule has 5 nitrogen and oxygen atoms in total. The zero-order valence-electron chi connectivity index (χ0n) is 11.4. The second-order valence-corrected chi connectivity index (χ2v) is 5.41. The number of carbonyl (C=O) groups is 1. The Morgan fingerprint density at radius 2 is 2.19 bits per heavy atom. The summed E-state index contributed by atoms with van der Waals surface area (Å²) in [6.45, 7) is 1.91. The number of carbonyl (C=O) groups excluding carboxylic acids is 1. The number of non-ortho nitro benzene ring substituents is 1. The highest BCUT2D eigenvalue weighted by atomic mass is 32.1. The van der Waals surface area contributed by atoms with E-state index in [2.05, 4.69) is 5.32 Å². The van der Waals surface area contributed by atoms with Gasteiger partial charge in [0.1, 0.15) is 0 Å². The van der Waals surface area contributed by atoms with Gasteiger partial charge in [-0.2, -0.15) is 0 Å². The molecule has 0 bridgehead atoms. The number of benzene rings is 1. The molecule has 108 valence electrons. The first kappa shape index (κ1) is 14.9. The fraction of sp³-hybridized carbons (Fsp3) is 0.133. The zero-order valence-corrected chi connectivity index (χ0v) is 12.2. The van der Waals surface area contributed by atoms with Crippen LogP contribution in [0.3, 0.4) is 0 Å². The van der Waals surface area contributed by atoms with Gasteiger partial charge in [-0.1, -0.05) is 18.2 Å². The second-order valence-electron chi connectivity index (χ2n) is 4.43. The monoisotopic (exact) mass is 302 g/mol. The molecular weight excluding hydrogens is 288 g/mol. The van der Waals surface area contributed by atoms with Gasteiger partial charge in [0.2, 0.25) is 5.91 Å². The molecule has 0 spiro atoms. The summed E-state index contributed by atoms with van der Waals surface area (Å²) in [4.78, 5) is 23.1. The third-order valence-electron chi connectivity index (χ3n) is 2.84. The number of amides is 1. The van der Waals surface area contributed by atoms with Crippen molar-refractivity contribution in [2.24, 2.45) is 0 Å². The Morgan fingerprint density at radius 1 is 1.38 bits per heavy atom. The summed E-state index contributed by atoms with van der Waals surface area (Å²) in [5.74, 6) is -0.234. The van der Waals surface area contributed by atoms with Crippen LogP contribution in [-0.2, 0) is 4.79 Å². The van der Waals surface area contributed by atoms with Crippen molar-refractivity contribution in [1.82, 2.24) is 5.32 Å². The number of hydrogen-bond donors (Lipinski definition) is 1. The first-order chi connectivity index (χ1) is 10.1. The molecule has 0 aliphatic rings. The molecule has 0 fully saturated rings. The Kier molecular flexibility index (Phi) is 4.84. The maximum absolute atomic E-state index is 11.8. The molecule has 2 rings (SSSR count). The van der Waals surface area contributed by atoms with Gasteiger partial charge >= 0.3 is 0 Å². The Morgan fingerprint density at radius 3 is 2.86 bits per heavy atom. The highest BCUT2D eigenvalue weighted by molar-refractivity contribution is 7.10. The Hall–Kier alpha value is -2.47. The third-order valence-corrected chi connectivity index (χ3v) is 3.89. The maximum atomic E-state index is 11.8. The fourth-order valence-electron chi connectivity index (χ4n) is 1.78. The SMILES string of the molecule is C[C@H](NC(=O)/C=C/c1cccc([N+](=O)[O-])c1)c1cccs1. The van der Waals surface area contributed by atoms with Crippen LogP contribution in [0.5, 0.6) is 0 Å². The lowest BCUT2D eigenvalue weighted by Crippen LogP contribution is -2.23. The van der Waals surface area contributed by atoms with Crippen LogP contribution in [-0.4, -0.2) is 10.8 Å². The van der Waals surface area contributed by atoms with Gasteiger partial charge in [0, 0.05) is 23.1 Å². The highest BCUT2D eigenvalue weighted by Crippen LogP contribution is 2.18. The smallest absolute Gasteiger partial charge is 0.270 e. The van der Waals surface area contributed by atoms with E-state index < -0.39 is 4.92 Å². The van der Waals surface area contributed by atoms with E-state index in [0.29, 0.717) is 5.56 Å². The maximum Gasteiger partial charge on any atom is 0.270 e. The molecule has 1 heterocycles. The van der Waals surface area contributed by atoms with Crippen LogP contribution in [0.2, 0.25) is 0 Å². The van der Waals surface area contributed by atoms with Gasteiger partial charge in [-0.15, -0.1) is 11.3 Å². The normalized spacial score (nSPS) is 12.2. The molecule has 0 saturated heterocycles. The van der Waals surface area contributed by atoms with Gasteiger partial charge in [0.15, 0.2) is 0 Å². The van der Waals surface area contributed by atoms with Crippen molar-refractivity contribution in [3.05, 3.63) is 68.4 Å². The number of rotatable bonds is 5. The molecule has 1 N–H and O–H groups in total. The molecule has 0 aliphatic carbocycles. The lowest BCUT2D eigenvalue weighted by Gasteiger charge is -2.09. The van der Waals surface area contributed by atoms with E-state index in [1.54, 1.807) is 29.5 Å². The minimum absolute atomic E-state index is 0.00418. The predicted molar refractivity (Wildman–Crippen MR) is 83.0 cm³/mol. The largest absolute Gasteiger partial charge is 0.345 e. The summed E-state index contributed by atoms with van der Waals surface area (Å²) in [6, 6.07) is 9.96. The van der Waals surface area contributed by atoms with Gasteiger partial charge in [0.25, 0.3) is 5.69 Å². The second kappa shape index (κ2) is 6.81. The van der Waals surface area contributed by atoms with Crippen molar-refractivity contribution < 1.29 is 9.72 Å². The minimum atomic E-state index is -0.462. The van der Waals surface area contributed by atoms with E-state index >= 15 is 0 Å². The first-order valence-corrected chi connectivity index (χ1v) is 7.20. The number of thiophene rings is 1. The van der Waals surface area contributed by atoms with Crippen LogP contribution in [0.1, 0.15) is 23.4 Å². The van der Waals surface area contributed by atoms with E-state index in [1.165, 1.54) is 18.2 Å². The Bertz CT molecular complexity index is 665. The van der Waals surface area contributed by atoms with Gasteiger partial charge < -0.3 is 5.32 Å². The predicted octanol–water partition coefficient (Wildman–Crippen LogP) is 3.55. The molecule has 0 aliphatic heterocycles. The summed E-state index contributed by atoms with van der Waals surface area (Å²) in [5.41, 5.74) is 0.618. The summed E-state index contributed by atoms with van der Waals surface area (Å²) < 4.78 is 0. The summed E-state index contributed by atoms with van der Waals surface area (Å²) in [5, 5.41) is 15.5. The number of nitrogens with one attached hydrogen (secondary N) is 1. The Balaban J connectivity index is 1.99. The molecule has 1 aromatic heterocycles. The molecule has 0 radical (unpaired) electrons. The van der Waals surface area contributed by atoms with E-state index in [9.17, 15) is 14.9 Å². The fourth-order valence-corrected chi connectivity index (χ4v) is 2.52. The van der Waals surface area contributed by atoms with Crippen molar-refractivity contribution in [2.75, 3.05) is 0 Å². The van der Waals surface area contributed by atoms with Crippen LogP contribution in [0.15, 0.2) is 47.9 Å². The average molecular weight is 302 g/mol. The third kappa shape index (κ3) is 4.25. The van der Waals surface area contributed by atoms with E-state index in [0.717, 1.165) is 4.88 Å². The van der Waals surface area contributed by atoms with Crippen molar-refractivity contribution >= 4 is 29.0 Å². The molecule has 2 aromatic rings. The summed E-state index contributed by atoms with van der Waals surface area (Å²) >= 11 is 1.58. The van der Waals surface area contributed by atoms with Crippen LogP contribution < -0.4 is 5.32 Å². The molecular formula is C15H14N2O3S. The van der Waals surface area contributed by atoms with Gasteiger partial charge in [0.05, 0.1) is 11.0 Å². The molecule has 1 amide bonds. The number of nitrogens with zero attached hydrogens (tertiary/aromatic N) is 1. The molecule has 1 aromatic carbocycles. The van der Waals surface area contributed by atoms with Crippen molar-refractivity contribution in [3.8, 4) is 0 Å². The van der Waals surface area contributed by atoms with E-state index in [1.807, 2.05) is 24.4 Å². The van der Waals surface area contributed by atoms with Gasteiger partial charge in [-0.25, -0.2) is 0 Å². The van der Waals surface area contributed by atoms with Crippen LogP contribution >= 0.6 is 11.3 Å². The lowest BCUT2D eigenvalue weighted by molar-refractivity contribution is -0.384. The minimum Gasteiger partial charge on any atom is -0.345 e. The molecule has 0 saturated carbocycles. The quantitative estimate of drug-likeness (QED) is 0.521. The summed E-state index contributed by atoms with van der Waals surface area (Å²) in [6.07, 6.45) is 2.94. The van der Waals surface area contributed by atoms with Crippen LogP contribution in [0.25, 0.3) is 6.08 Å². The highest BCUT2D eigenvalue weighted by Gasteiger charge is 2.08. The van der Waals surface area contributed by atoms with E-state index in [4.69, 9.17) is 0 Å². The Labute approximate surface area is 126 Å². The lowest BCUT2D eigenvalue weighted by atomic mass is 10.2. The van der Waals surface area contributed by atoms with Crippen LogP contribution in [0.4, 0.5) is 5.69 Å². The number of nitro benzene ring substituents is 1. The van der Waals surface area contributed by atoms with Crippen molar-refractivity contribution in [2.45, 2.75) is 13.0 Å². The molecule has 1 atom stereocenters. The number of nitro groups is 1. The average Bonchev–Trinajstić information content (AvgIpc) is 2.99. The van der Waals surface area contributed by atoms with E-state index in [-0.39, 0.29) is 17.6 Å². The number of hydrogen-bond acceptors (Lipinski definition) is 4. The van der Waals surface area contributed by atoms with Gasteiger partial charge in [-0.05, 0) is 30.0 Å². The molecule has 0 unspecified atom stereocenters. The summed E-state index contributed by atoms with van der Waals surface area (Å²) in [7, 11) is 0. The first-order valence-electron chi connectivity index (χ1n) is 6.32. The van der Waals surface area contributed by atoms with Crippen molar-refractivity contribution in [1.29, 1.82) is 0 Å². The van der Waals surface area contributed by atoms with Gasteiger partial charge in [-0.3, -0.25) is 14.9 Å². The molecule has 21 heavy (non-hydrogen) atoms. The van der Waals surface area contributed by atoms with Crippen molar-refractivity contribution in [3.63, 3.8) is 0 Å². The molecule has 6 heteroatoms. The topological polar surface area (TPSA) is 72.2 Å². The standard InChI is InChI=1S/C15H14N2O3S/c1-11(14-6-3-9-21-14)16-15(18)8-7-12-4-2-5-13(10-12)17(19)20/h2-11H,1H3,(H,16,18)/b8-7+/t11-/m0/s1. The zero-order chi connectivity index (χ0) is 15.2.